The third kappa shape index (κ3) is 2.22. The predicted octanol–water partition coefficient (Wildman–Crippen LogP) is 2.87. The van der Waals surface area contributed by atoms with Crippen molar-refractivity contribution < 1.29 is 8.91 Å². The van der Waals surface area contributed by atoms with E-state index in [1.54, 1.807) is 12.1 Å². The Labute approximate surface area is 116 Å². The van der Waals surface area contributed by atoms with E-state index in [0.29, 0.717) is 18.4 Å². The van der Waals surface area contributed by atoms with Gasteiger partial charge in [-0.3, -0.25) is 5.32 Å². The maximum absolute atomic E-state index is 13.3. The number of aromatic nitrogens is 2. The van der Waals surface area contributed by atoms with Gasteiger partial charge in [-0.1, -0.05) is 17.3 Å². The first-order valence-electron chi connectivity index (χ1n) is 7.09. The molecule has 1 N–H and O–H groups in total. The van der Waals surface area contributed by atoms with Gasteiger partial charge >= 0.3 is 0 Å². The van der Waals surface area contributed by atoms with E-state index in [-0.39, 0.29) is 11.4 Å². The monoisotopic (exact) mass is 273 g/mol. The topological polar surface area (TPSA) is 51.0 Å². The van der Waals surface area contributed by atoms with E-state index in [1.165, 1.54) is 18.9 Å². The van der Waals surface area contributed by atoms with E-state index in [1.807, 2.05) is 6.07 Å². The lowest BCUT2D eigenvalue weighted by Gasteiger charge is -2.16. The van der Waals surface area contributed by atoms with Gasteiger partial charge in [0.15, 0.2) is 5.82 Å². The molecule has 2 aliphatic rings. The number of rotatable bonds is 5. The Balaban J connectivity index is 1.45. The van der Waals surface area contributed by atoms with Crippen molar-refractivity contribution in [3.63, 3.8) is 0 Å². The SMILES string of the molecule is Fc1cccc(C2(NCc3nc(C4CC4)no3)CC2)c1. The van der Waals surface area contributed by atoms with E-state index in [0.717, 1.165) is 24.2 Å². The number of benzene rings is 1. The molecular weight excluding hydrogens is 257 g/mol. The first kappa shape index (κ1) is 12.0. The molecule has 104 valence electrons. The van der Waals surface area contributed by atoms with E-state index in [2.05, 4.69) is 15.5 Å². The van der Waals surface area contributed by atoms with Crippen molar-refractivity contribution in [1.82, 2.24) is 15.5 Å². The van der Waals surface area contributed by atoms with Gasteiger partial charge in [-0.05, 0) is 43.4 Å². The summed E-state index contributed by atoms with van der Waals surface area (Å²) in [5, 5.41) is 7.44. The number of halogens is 1. The van der Waals surface area contributed by atoms with Gasteiger partial charge in [0.25, 0.3) is 0 Å². The van der Waals surface area contributed by atoms with Gasteiger partial charge in [0, 0.05) is 11.5 Å². The maximum Gasteiger partial charge on any atom is 0.240 e. The molecule has 20 heavy (non-hydrogen) atoms. The van der Waals surface area contributed by atoms with Crippen LogP contribution >= 0.6 is 0 Å². The van der Waals surface area contributed by atoms with Crippen LogP contribution in [0, 0.1) is 5.82 Å². The second-order valence-electron chi connectivity index (χ2n) is 5.77. The summed E-state index contributed by atoms with van der Waals surface area (Å²) in [6.45, 7) is 0.538. The number of nitrogens with one attached hydrogen (secondary N) is 1. The average molecular weight is 273 g/mol. The molecule has 0 spiro atoms. The van der Waals surface area contributed by atoms with Crippen molar-refractivity contribution in [2.24, 2.45) is 0 Å². The van der Waals surface area contributed by atoms with Crippen molar-refractivity contribution in [2.45, 2.75) is 43.7 Å². The second kappa shape index (κ2) is 4.38. The largest absolute Gasteiger partial charge is 0.338 e. The van der Waals surface area contributed by atoms with E-state index in [9.17, 15) is 4.39 Å². The van der Waals surface area contributed by atoms with Crippen LogP contribution in [0.1, 0.15) is 48.9 Å². The molecule has 2 aromatic rings. The minimum atomic E-state index is -0.190. The first-order valence-corrected chi connectivity index (χ1v) is 7.09. The predicted molar refractivity (Wildman–Crippen MR) is 70.4 cm³/mol. The highest BCUT2D eigenvalue weighted by atomic mass is 19.1. The molecule has 5 heteroatoms. The highest BCUT2D eigenvalue weighted by Crippen LogP contribution is 2.45. The smallest absolute Gasteiger partial charge is 0.240 e. The zero-order valence-electron chi connectivity index (χ0n) is 11.1. The minimum absolute atomic E-state index is 0.115. The van der Waals surface area contributed by atoms with Gasteiger partial charge in [-0.2, -0.15) is 4.98 Å². The Morgan fingerprint density at radius 1 is 1.35 bits per heavy atom. The zero-order chi connectivity index (χ0) is 13.6. The van der Waals surface area contributed by atoms with Crippen molar-refractivity contribution in [1.29, 1.82) is 0 Å². The van der Waals surface area contributed by atoms with E-state index in [4.69, 9.17) is 4.52 Å². The van der Waals surface area contributed by atoms with Crippen LogP contribution in [0.4, 0.5) is 4.39 Å². The van der Waals surface area contributed by atoms with Crippen molar-refractivity contribution >= 4 is 0 Å². The molecule has 1 aromatic carbocycles. The summed E-state index contributed by atoms with van der Waals surface area (Å²) in [6, 6.07) is 6.79. The van der Waals surface area contributed by atoms with Crippen molar-refractivity contribution in [3.8, 4) is 0 Å². The van der Waals surface area contributed by atoms with Crippen molar-refractivity contribution in [3.05, 3.63) is 47.4 Å². The number of hydrogen-bond donors (Lipinski definition) is 1. The third-order valence-electron chi connectivity index (χ3n) is 4.13. The molecule has 4 nitrogen and oxygen atoms in total. The van der Waals surface area contributed by atoms with Crippen LogP contribution < -0.4 is 5.32 Å². The fraction of sp³-hybridized carbons (Fsp3) is 0.467. The molecule has 1 aromatic heterocycles. The minimum Gasteiger partial charge on any atom is -0.338 e. The molecule has 0 aliphatic heterocycles. The maximum atomic E-state index is 13.3. The summed E-state index contributed by atoms with van der Waals surface area (Å²) in [5.74, 6) is 1.77. The molecule has 0 bridgehead atoms. The number of hydrogen-bond acceptors (Lipinski definition) is 4. The summed E-state index contributed by atoms with van der Waals surface area (Å²) in [5.41, 5.74) is 0.885. The Kier molecular flexibility index (Phi) is 2.63. The zero-order valence-corrected chi connectivity index (χ0v) is 11.1. The molecule has 0 saturated heterocycles. The summed E-state index contributed by atoms with van der Waals surface area (Å²) < 4.78 is 18.6. The molecule has 4 rings (SSSR count). The molecule has 0 unspecified atom stereocenters. The highest BCUT2D eigenvalue weighted by Gasteiger charge is 2.44. The van der Waals surface area contributed by atoms with E-state index < -0.39 is 0 Å². The fourth-order valence-electron chi connectivity index (χ4n) is 2.57. The number of nitrogens with zero attached hydrogens (tertiary/aromatic N) is 2. The van der Waals surface area contributed by atoms with Gasteiger partial charge in [-0.25, -0.2) is 4.39 Å². The van der Waals surface area contributed by atoms with Crippen LogP contribution in [0.15, 0.2) is 28.8 Å². The summed E-state index contributed by atoms with van der Waals surface area (Å²) in [4.78, 5) is 4.40. The molecular formula is C15H16FN3O. The Morgan fingerprint density at radius 3 is 2.90 bits per heavy atom. The summed E-state index contributed by atoms with van der Waals surface area (Å²) in [6.07, 6.45) is 4.36. The van der Waals surface area contributed by atoms with Crippen LogP contribution in [-0.2, 0) is 12.1 Å². The van der Waals surface area contributed by atoms with Crippen LogP contribution in [0.25, 0.3) is 0 Å². The lowest BCUT2D eigenvalue weighted by Crippen LogP contribution is -2.28. The van der Waals surface area contributed by atoms with Crippen LogP contribution in [0.5, 0.6) is 0 Å². The van der Waals surface area contributed by atoms with Crippen LogP contribution in [0.2, 0.25) is 0 Å². The van der Waals surface area contributed by atoms with Gasteiger partial charge < -0.3 is 4.52 Å². The molecule has 2 fully saturated rings. The van der Waals surface area contributed by atoms with Gasteiger partial charge in [0.05, 0.1) is 6.54 Å². The van der Waals surface area contributed by atoms with Gasteiger partial charge in [-0.15, -0.1) is 0 Å². The molecule has 2 aliphatic carbocycles. The third-order valence-corrected chi connectivity index (χ3v) is 4.13. The van der Waals surface area contributed by atoms with Crippen LogP contribution in [-0.4, -0.2) is 10.1 Å². The van der Waals surface area contributed by atoms with Crippen LogP contribution in [0.3, 0.4) is 0 Å². The standard InChI is InChI=1S/C15H16FN3O/c16-12-3-1-2-11(8-12)15(6-7-15)17-9-13-18-14(19-20-13)10-4-5-10/h1-3,8,10,17H,4-7,9H2. The Morgan fingerprint density at radius 2 is 2.20 bits per heavy atom. The lowest BCUT2D eigenvalue weighted by atomic mass is 10.0. The summed E-state index contributed by atoms with van der Waals surface area (Å²) >= 11 is 0. The molecule has 0 radical (unpaired) electrons. The lowest BCUT2D eigenvalue weighted by molar-refractivity contribution is 0.350. The quantitative estimate of drug-likeness (QED) is 0.910. The second-order valence-corrected chi connectivity index (χ2v) is 5.77. The molecule has 0 atom stereocenters. The van der Waals surface area contributed by atoms with Gasteiger partial charge in [0.1, 0.15) is 5.82 Å². The summed E-state index contributed by atoms with van der Waals surface area (Å²) in [7, 11) is 0. The molecule has 2 saturated carbocycles. The molecule has 0 amide bonds. The normalized spacial score (nSPS) is 20.1. The highest BCUT2D eigenvalue weighted by molar-refractivity contribution is 5.30. The molecule has 1 heterocycles. The fourth-order valence-corrected chi connectivity index (χ4v) is 2.57. The van der Waals surface area contributed by atoms with E-state index >= 15 is 0 Å². The Hall–Kier alpha value is -1.75. The van der Waals surface area contributed by atoms with Gasteiger partial charge in [0.2, 0.25) is 5.89 Å². The Bertz CT molecular complexity index is 632. The first-order chi connectivity index (χ1) is 9.75. The van der Waals surface area contributed by atoms with Crippen molar-refractivity contribution in [2.75, 3.05) is 0 Å². The average Bonchev–Trinajstić information content (AvgIpc) is 3.37.